The fourth-order valence-electron chi connectivity index (χ4n) is 1.51. The number of rotatable bonds is 5. The molecule has 0 radical (unpaired) electrons. The smallest absolute Gasteiger partial charge is 0.0805 e. The topological polar surface area (TPSA) is 48.8 Å². The largest absolute Gasteiger partial charge is 0.278 e. The summed E-state index contributed by atoms with van der Waals surface area (Å²) in [5, 5.41) is 9.95. The Morgan fingerprint density at radius 2 is 1.00 bits per heavy atom. The first-order valence-corrected chi connectivity index (χ1v) is 7.42. The highest BCUT2D eigenvalue weighted by molar-refractivity contribution is 6.40. The lowest BCUT2D eigenvalue weighted by Gasteiger charge is -2.05. The summed E-state index contributed by atoms with van der Waals surface area (Å²) in [4.78, 5) is 0. The van der Waals surface area contributed by atoms with Crippen LogP contribution in [0.1, 0.15) is 13.8 Å². The molecule has 4 nitrogen and oxygen atoms in total. The van der Waals surface area contributed by atoms with E-state index in [1.54, 1.807) is 24.3 Å². The standard InChI is InChI=1S/C16H16Cl2N4/c1-11(19-21-15-7-3-13(17)4-8-15)12(2)20-22-16-9-5-14(18)6-10-16/h3-10,21-22H,1-2H3/b19-11+,20-12+. The summed E-state index contributed by atoms with van der Waals surface area (Å²) in [7, 11) is 0. The first-order valence-electron chi connectivity index (χ1n) is 6.67. The number of halogens is 2. The van der Waals surface area contributed by atoms with E-state index in [-0.39, 0.29) is 0 Å². The molecule has 0 bridgehead atoms. The lowest BCUT2D eigenvalue weighted by Crippen LogP contribution is -2.10. The van der Waals surface area contributed by atoms with E-state index in [0.717, 1.165) is 22.8 Å². The van der Waals surface area contributed by atoms with Gasteiger partial charge in [0.15, 0.2) is 0 Å². The molecule has 0 fully saturated rings. The molecule has 2 aromatic rings. The van der Waals surface area contributed by atoms with Crippen molar-refractivity contribution in [2.45, 2.75) is 13.8 Å². The third kappa shape index (κ3) is 5.06. The minimum Gasteiger partial charge on any atom is -0.278 e. The minimum absolute atomic E-state index is 0.691. The number of hydrazone groups is 2. The van der Waals surface area contributed by atoms with Crippen molar-refractivity contribution in [3.63, 3.8) is 0 Å². The SMILES string of the molecule is CC(=N\Nc1ccc(Cl)cc1)/C(C)=N/Nc1ccc(Cl)cc1. The highest BCUT2D eigenvalue weighted by Gasteiger charge is 1.98. The Morgan fingerprint density at radius 3 is 1.32 bits per heavy atom. The Bertz CT molecular complexity index is 615. The van der Waals surface area contributed by atoms with Crippen LogP contribution in [0.25, 0.3) is 0 Å². The van der Waals surface area contributed by atoms with Gasteiger partial charge in [-0.25, -0.2) is 0 Å². The molecule has 0 unspecified atom stereocenters. The van der Waals surface area contributed by atoms with Gasteiger partial charge in [-0.2, -0.15) is 10.2 Å². The van der Waals surface area contributed by atoms with Crippen molar-refractivity contribution in [1.82, 2.24) is 0 Å². The molecular formula is C16H16Cl2N4. The number of hydrogen-bond donors (Lipinski definition) is 2. The summed E-state index contributed by atoms with van der Waals surface area (Å²) < 4.78 is 0. The van der Waals surface area contributed by atoms with Crippen LogP contribution in [0.5, 0.6) is 0 Å². The summed E-state index contributed by atoms with van der Waals surface area (Å²) in [6.07, 6.45) is 0. The Morgan fingerprint density at radius 1 is 0.682 bits per heavy atom. The van der Waals surface area contributed by atoms with E-state index in [1.807, 2.05) is 38.1 Å². The predicted molar refractivity (Wildman–Crippen MR) is 96.4 cm³/mol. The molecule has 0 atom stereocenters. The average molecular weight is 335 g/mol. The van der Waals surface area contributed by atoms with Crippen molar-refractivity contribution in [1.29, 1.82) is 0 Å². The van der Waals surface area contributed by atoms with E-state index in [0.29, 0.717) is 10.0 Å². The fraction of sp³-hybridized carbons (Fsp3) is 0.125. The van der Waals surface area contributed by atoms with E-state index in [9.17, 15) is 0 Å². The minimum atomic E-state index is 0.691. The van der Waals surface area contributed by atoms with Crippen LogP contribution >= 0.6 is 23.2 Å². The van der Waals surface area contributed by atoms with Gasteiger partial charge in [-0.1, -0.05) is 23.2 Å². The summed E-state index contributed by atoms with van der Waals surface area (Å²) in [6, 6.07) is 14.6. The molecule has 0 saturated heterocycles. The quantitative estimate of drug-likeness (QED) is 0.578. The summed E-state index contributed by atoms with van der Waals surface area (Å²) in [5.41, 5.74) is 9.20. The zero-order chi connectivity index (χ0) is 15.9. The van der Waals surface area contributed by atoms with Crippen molar-refractivity contribution >= 4 is 46.0 Å². The van der Waals surface area contributed by atoms with Crippen LogP contribution in [0.2, 0.25) is 10.0 Å². The highest BCUT2D eigenvalue weighted by Crippen LogP contribution is 2.14. The van der Waals surface area contributed by atoms with Gasteiger partial charge in [0.05, 0.1) is 22.8 Å². The molecule has 0 spiro atoms. The van der Waals surface area contributed by atoms with Gasteiger partial charge in [-0.05, 0) is 62.4 Å². The maximum atomic E-state index is 5.83. The number of benzene rings is 2. The molecule has 2 aromatic carbocycles. The van der Waals surface area contributed by atoms with Gasteiger partial charge in [0.2, 0.25) is 0 Å². The molecule has 0 heterocycles. The second-order valence-corrected chi connectivity index (χ2v) is 5.50. The molecule has 2 rings (SSSR count). The molecule has 0 aliphatic carbocycles. The fourth-order valence-corrected chi connectivity index (χ4v) is 1.76. The zero-order valence-corrected chi connectivity index (χ0v) is 13.8. The van der Waals surface area contributed by atoms with Gasteiger partial charge in [0, 0.05) is 10.0 Å². The second-order valence-electron chi connectivity index (χ2n) is 4.63. The summed E-state index contributed by atoms with van der Waals surface area (Å²) in [5.74, 6) is 0. The van der Waals surface area contributed by atoms with Gasteiger partial charge in [0.25, 0.3) is 0 Å². The highest BCUT2D eigenvalue weighted by atomic mass is 35.5. The van der Waals surface area contributed by atoms with E-state index >= 15 is 0 Å². The molecule has 0 saturated carbocycles. The first kappa shape index (κ1) is 16.3. The Kier molecular flexibility index (Phi) is 5.81. The number of nitrogens with one attached hydrogen (secondary N) is 2. The van der Waals surface area contributed by atoms with Gasteiger partial charge in [0.1, 0.15) is 0 Å². The Labute approximate surface area is 139 Å². The van der Waals surface area contributed by atoms with Gasteiger partial charge >= 0.3 is 0 Å². The zero-order valence-electron chi connectivity index (χ0n) is 12.3. The van der Waals surface area contributed by atoms with E-state index in [4.69, 9.17) is 23.2 Å². The number of nitrogens with zero attached hydrogens (tertiary/aromatic N) is 2. The average Bonchev–Trinajstić information content (AvgIpc) is 2.53. The molecular weight excluding hydrogens is 319 g/mol. The van der Waals surface area contributed by atoms with Crippen LogP contribution in [0, 0.1) is 0 Å². The number of anilines is 2. The number of hydrogen-bond acceptors (Lipinski definition) is 4. The van der Waals surface area contributed by atoms with Gasteiger partial charge in [-0.15, -0.1) is 0 Å². The molecule has 114 valence electrons. The van der Waals surface area contributed by atoms with Crippen molar-refractivity contribution in [2.75, 3.05) is 10.9 Å². The third-order valence-electron chi connectivity index (χ3n) is 2.92. The maximum Gasteiger partial charge on any atom is 0.0805 e. The summed E-state index contributed by atoms with van der Waals surface area (Å²) >= 11 is 11.7. The maximum absolute atomic E-state index is 5.83. The van der Waals surface area contributed by atoms with Crippen molar-refractivity contribution in [3.8, 4) is 0 Å². The Hall–Kier alpha value is -2.04. The molecule has 6 heteroatoms. The lowest BCUT2D eigenvalue weighted by atomic mass is 10.3. The molecule has 0 aliphatic rings. The third-order valence-corrected chi connectivity index (χ3v) is 3.42. The van der Waals surface area contributed by atoms with Crippen LogP contribution in [-0.2, 0) is 0 Å². The molecule has 22 heavy (non-hydrogen) atoms. The first-order chi connectivity index (χ1) is 10.5. The normalized spacial score (nSPS) is 12.2. The van der Waals surface area contributed by atoms with Gasteiger partial charge in [-0.3, -0.25) is 10.9 Å². The lowest BCUT2D eigenvalue weighted by molar-refractivity contribution is 1.31. The van der Waals surface area contributed by atoms with E-state index in [2.05, 4.69) is 21.1 Å². The molecule has 0 amide bonds. The van der Waals surface area contributed by atoms with Crippen LogP contribution in [0.3, 0.4) is 0 Å². The Balaban J connectivity index is 1.96. The van der Waals surface area contributed by atoms with E-state index in [1.165, 1.54) is 0 Å². The van der Waals surface area contributed by atoms with Crippen molar-refractivity contribution in [2.24, 2.45) is 10.2 Å². The van der Waals surface area contributed by atoms with Crippen molar-refractivity contribution < 1.29 is 0 Å². The van der Waals surface area contributed by atoms with Crippen LogP contribution in [0.15, 0.2) is 58.7 Å². The van der Waals surface area contributed by atoms with Gasteiger partial charge < -0.3 is 0 Å². The second kappa shape index (κ2) is 7.82. The summed E-state index contributed by atoms with van der Waals surface area (Å²) in [6.45, 7) is 3.76. The van der Waals surface area contributed by atoms with Crippen LogP contribution in [-0.4, -0.2) is 11.4 Å². The van der Waals surface area contributed by atoms with Crippen LogP contribution < -0.4 is 10.9 Å². The molecule has 2 N–H and O–H groups in total. The molecule has 0 aromatic heterocycles. The molecule has 0 aliphatic heterocycles. The monoisotopic (exact) mass is 334 g/mol. The predicted octanol–water partition coefficient (Wildman–Crippen LogP) is 5.27. The van der Waals surface area contributed by atoms with E-state index < -0.39 is 0 Å². The van der Waals surface area contributed by atoms with Crippen molar-refractivity contribution in [3.05, 3.63) is 58.6 Å². The van der Waals surface area contributed by atoms with Crippen LogP contribution in [0.4, 0.5) is 11.4 Å².